The number of hydrogen-bond acceptors (Lipinski definition) is 1. The normalized spacial score (nSPS) is 16.2. The molecule has 0 bridgehead atoms. The van der Waals surface area contributed by atoms with Gasteiger partial charge < -0.3 is 4.90 Å². The van der Waals surface area contributed by atoms with Gasteiger partial charge in [-0.3, -0.25) is 0 Å². The molecule has 0 aromatic heterocycles. The molecular formula is C54H46BrN. The van der Waals surface area contributed by atoms with Gasteiger partial charge in [-0.25, -0.2) is 0 Å². The molecule has 0 radical (unpaired) electrons. The first-order valence-corrected chi connectivity index (χ1v) is 20.6. The monoisotopic (exact) mass is 787 g/mol. The van der Waals surface area contributed by atoms with Crippen molar-refractivity contribution < 1.29 is 0 Å². The Bertz CT molecular complexity index is 2520. The Morgan fingerprint density at radius 3 is 1.61 bits per heavy atom. The Kier molecular flexibility index (Phi) is 9.69. The number of allylic oxidation sites excluding steroid dienone is 6. The van der Waals surface area contributed by atoms with Crippen LogP contribution >= 0.6 is 15.9 Å². The van der Waals surface area contributed by atoms with E-state index in [9.17, 15) is 0 Å². The van der Waals surface area contributed by atoms with Gasteiger partial charge in [0.15, 0.2) is 0 Å². The fourth-order valence-corrected chi connectivity index (χ4v) is 10.3. The minimum atomic E-state index is -0.287. The fraction of sp³-hybridized carbons (Fsp3) is 0.148. The van der Waals surface area contributed by atoms with Gasteiger partial charge in [0.25, 0.3) is 0 Å². The van der Waals surface area contributed by atoms with E-state index in [-0.39, 0.29) is 10.8 Å². The first kappa shape index (κ1) is 36.0. The second kappa shape index (κ2) is 15.1. The van der Waals surface area contributed by atoms with Gasteiger partial charge in [0.1, 0.15) is 0 Å². The SMILES string of the molecule is CC1=C(/C=C/C=C2/N(C)c3ccc(Br)cc3C2(Cc2ccccc2)Cc2ccccc2)C(Cc2ccccc2)(Cc2ccccc2)c2c1ccc1ccccc21. The lowest BCUT2D eigenvalue weighted by atomic mass is 9.67. The van der Waals surface area contributed by atoms with Crippen molar-refractivity contribution in [3.05, 3.63) is 249 Å². The summed E-state index contributed by atoms with van der Waals surface area (Å²) in [4.78, 5) is 2.44. The highest BCUT2D eigenvalue weighted by Crippen LogP contribution is 2.54. The second-order valence-electron chi connectivity index (χ2n) is 15.7. The largest absolute Gasteiger partial charge is 0.347 e. The average Bonchev–Trinajstić information content (AvgIpc) is 3.58. The zero-order chi connectivity index (χ0) is 38.1. The van der Waals surface area contributed by atoms with Gasteiger partial charge in [0.05, 0.1) is 0 Å². The van der Waals surface area contributed by atoms with E-state index in [2.05, 4.69) is 229 Å². The van der Waals surface area contributed by atoms with Crippen molar-refractivity contribution in [1.29, 1.82) is 0 Å². The third-order valence-corrected chi connectivity index (χ3v) is 12.8. The van der Waals surface area contributed by atoms with Crippen LogP contribution in [-0.2, 0) is 36.5 Å². The van der Waals surface area contributed by atoms with Gasteiger partial charge in [0, 0.05) is 33.7 Å². The standard InChI is InChI=1S/C54H46BrN/c1-39-46-32-30-44-26-15-16-27-47(44)52(46)54(37-42-22-11-5-12-23-42,38-43-24-13-6-14-25-43)48(39)28-17-29-51-53(35-40-18-7-3-8-19-40,36-41-20-9-4-10-21-41)49-34-45(55)31-33-50(49)56(51)2/h3-34H,35-38H2,1-2H3/b28-17+,51-29+. The first-order chi connectivity index (χ1) is 27.4. The number of hydrogen-bond donors (Lipinski definition) is 0. The number of benzene rings is 7. The van der Waals surface area contributed by atoms with E-state index in [0.717, 1.165) is 30.2 Å². The molecule has 1 nitrogen and oxygen atoms in total. The van der Waals surface area contributed by atoms with Crippen LogP contribution in [0.2, 0.25) is 0 Å². The van der Waals surface area contributed by atoms with Gasteiger partial charge in [-0.05, 0) is 118 Å². The minimum Gasteiger partial charge on any atom is -0.347 e. The molecule has 0 N–H and O–H groups in total. The van der Waals surface area contributed by atoms with Crippen LogP contribution < -0.4 is 4.90 Å². The quantitative estimate of drug-likeness (QED) is 0.133. The molecule has 0 unspecified atom stereocenters. The van der Waals surface area contributed by atoms with Crippen molar-refractivity contribution in [2.24, 2.45) is 0 Å². The number of halogens is 1. The fourth-order valence-electron chi connectivity index (χ4n) is 9.94. The molecule has 7 aromatic rings. The van der Waals surface area contributed by atoms with E-state index in [4.69, 9.17) is 0 Å². The maximum Gasteiger partial charge on any atom is 0.0456 e. The van der Waals surface area contributed by atoms with E-state index < -0.39 is 0 Å². The van der Waals surface area contributed by atoms with Crippen LogP contribution in [0.1, 0.15) is 45.9 Å². The predicted octanol–water partition coefficient (Wildman–Crippen LogP) is 13.4. The summed E-state index contributed by atoms with van der Waals surface area (Å²) in [5.74, 6) is 0. The third-order valence-electron chi connectivity index (χ3n) is 12.3. The van der Waals surface area contributed by atoms with Gasteiger partial charge in [-0.1, -0.05) is 186 Å². The van der Waals surface area contributed by atoms with Crippen molar-refractivity contribution in [2.45, 2.75) is 43.4 Å². The lowest BCUT2D eigenvalue weighted by molar-refractivity contribution is 0.507. The molecule has 0 fully saturated rings. The summed E-state index contributed by atoms with van der Waals surface area (Å²) >= 11 is 3.87. The number of anilines is 1. The van der Waals surface area contributed by atoms with Crippen LogP contribution in [0, 0.1) is 0 Å². The lowest BCUT2D eigenvalue weighted by Crippen LogP contribution is -2.34. The van der Waals surface area contributed by atoms with Crippen molar-refractivity contribution in [3.63, 3.8) is 0 Å². The maximum absolute atomic E-state index is 3.87. The Morgan fingerprint density at radius 1 is 0.554 bits per heavy atom. The van der Waals surface area contributed by atoms with E-state index in [1.807, 2.05) is 0 Å². The lowest BCUT2D eigenvalue weighted by Gasteiger charge is -2.35. The summed E-state index contributed by atoms with van der Waals surface area (Å²) in [5, 5.41) is 2.64. The second-order valence-corrected chi connectivity index (χ2v) is 16.6. The summed E-state index contributed by atoms with van der Waals surface area (Å²) in [5.41, 5.74) is 14.3. The molecule has 1 aliphatic heterocycles. The van der Waals surface area contributed by atoms with Gasteiger partial charge in [0.2, 0.25) is 0 Å². The van der Waals surface area contributed by atoms with Gasteiger partial charge in [-0.2, -0.15) is 0 Å². The summed E-state index contributed by atoms with van der Waals surface area (Å²) in [6.07, 6.45) is 10.9. The van der Waals surface area contributed by atoms with Gasteiger partial charge >= 0.3 is 0 Å². The average molecular weight is 789 g/mol. The van der Waals surface area contributed by atoms with Crippen molar-refractivity contribution in [2.75, 3.05) is 11.9 Å². The summed E-state index contributed by atoms with van der Waals surface area (Å²) in [6.45, 7) is 2.35. The molecule has 2 heteroatoms. The van der Waals surface area contributed by atoms with E-state index in [0.29, 0.717) is 0 Å². The highest BCUT2D eigenvalue weighted by atomic mass is 79.9. The zero-order valence-corrected chi connectivity index (χ0v) is 33.7. The van der Waals surface area contributed by atoms with Crippen LogP contribution in [0.4, 0.5) is 5.69 Å². The first-order valence-electron chi connectivity index (χ1n) is 19.8. The molecule has 1 heterocycles. The predicted molar refractivity (Wildman–Crippen MR) is 240 cm³/mol. The highest BCUT2D eigenvalue weighted by molar-refractivity contribution is 9.10. The van der Waals surface area contributed by atoms with Gasteiger partial charge in [-0.15, -0.1) is 0 Å². The van der Waals surface area contributed by atoms with Crippen LogP contribution in [0.3, 0.4) is 0 Å². The Morgan fingerprint density at radius 2 is 1.05 bits per heavy atom. The molecule has 9 rings (SSSR count). The Labute approximate surface area is 340 Å². The van der Waals surface area contributed by atoms with Crippen molar-refractivity contribution >= 4 is 38.0 Å². The van der Waals surface area contributed by atoms with Crippen LogP contribution in [0.25, 0.3) is 16.3 Å². The van der Waals surface area contributed by atoms with Crippen molar-refractivity contribution in [1.82, 2.24) is 0 Å². The van der Waals surface area contributed by atoms with E-state index >= 15 is 0 Å². The molecule has 274 valence electrons. The summed E-state index contributed by atoms with van der Waals surface area (Å²) < 4.78 is 1.11. The zero-order valence-electron chi connectivity index (χ0n) is 32.1. The molecule has 7 aromatic carbocycles. The maximum atomic E-state index is 3.87. The number of fused-ring (bicyclic) bond motifs is 4. The van der Waals surface area contributed by atoms with Crippen LogP contribution in [-0.4, -0.2) is 7.05 Å². The number of nitrogens with zero attached hydrogens (tertiary/aromatic N) is 1. The molecule has 2 aliphatic rings. The Hall–Kier alpha value is -5.70. The number of rotatable bonds is 10. The summed E-state index contributed by atoms with van der Waals surface area (Å²) in [7, 11) is 2.25. The Balaban J connectivity index is 1.24. The molecule has 0 atom stereocenters. The molecule has 1 aliphatic carbocycles. The smallest absolute Gasteiger partial charge is 0.0456 e. The summed E-state index contributed by atoms with van der Waals surface area (Å²) in [6, 6.07) is 64.8. The van der Waals surface area contributed by atoms with Crippen molar-refractivity contribution in [3.8, 4) is 0 Å². The highest BCUT2D eigenvalue weighted by Gasteiger charge is 2.47. The number of likely N-dealkylation sites (N-methyl/N-ethyl adjacent to an activating group) is 1. The van der Waals surface area contributed by atoms with Crippen LogP contribution in [0.15, 0.2) is 210 Å². The molecule has 0 spiro atoms. The molecule has 0 saturated heterocycles. The van der Waals surface area contributed by atoms with E-state index in [1.165, 1.54) is 72.2 Å². The molecular weight excluding hydrogens is 743 g/mol. The minimum absolute atomic E-state index is 0.279. The molecule has 56 heavy (non-hydrogen) atoms. The van der Waals surface area contributed by atoms with E-state index in [1.54, 1.807) is 0 Å². The third kappa shape index (κ3) is 6.46. The van der Waals surface area contributed by atoms with Crippen LogP contribution in [0.5, 0.6) is 0 Å². The topological polar surface area (TPSA) is 3.24 Å². The molecule has 0 amide bonds. The molecule has 0 saturated carbocycles.